The summed E-state index contributed by atoms with van der Waals surface area (Å²) >= 11 is 1.46. The third-order valence-electron chi connectivity index (χ3n) is 2.68. The van der Waals surface area contributed by atoms with Crippen LogP contribution in [0.3, 0.4) is 0 Å². The molecule has 0 spiro atoms. The Balaban J connectivity index is 1.91. The number of thiophene rings is 1. The highest BCUT2D eigenvalue weighted by molar-refractivity contribution is 7.10. The molecule has 0 saturated carbocycles. The Bertz CT molecular complexity index is 584. The van der Waals surface area contributed by atoms with E-state index in [4.69, 9.17) is 11.0 Å². The average Bonchev–Trinajstić information content (AvgIpc) is 2.98. The topological polar surface area (TPSA) is 78.9 Å². The Morgan fingerprint density at radius 1 is 1.37 bits per heavy atom. The number of hydrogen-bond donors (Lipinski definition) is 2. The third kappa shape index (κ3) is 3.41. The van der Waals surface area contributed by atoms with E-state index in [0.717, 1.165) is 10.4 Å². The van der Waals surface area contributed by atoms with Crippen LogP contribution in [0.1, 0.15) is 22.0 Å². The zero-order chi connectivity index (χ0) is 13.7. The molecular formula is C14H13N3OS. The van der Waals surface area contributed by atoms with Crippen molar-refractivity contribution in [3.63, 3.8) is 0 Å². The van der Waals surface area contributed by atoms with Gasteiger partial charge in [-0.25, -0.2) is 0 Å². The third-order valence-corrected chi connectivity index (χ3v) is 3.64. The molecule has 0 aliphatic heterocycles. The Labute approximate surface area is 115 Å². The fourth-order valence-electron chi connectivity index (χ4n) is 1.59. The van der Waals surface area contributed by atoms with E-state index in [-0.39, 0.29) is 5.91 Å². The van der Waals surface area contributed by atoms with Crippen LogP contribution in [0.15, 0.2) is 41.8 Å². The minimum Gasteiger partial charge on any atom is -0.350 e. The lowest BCUT2D eigenvalue weighted by Crippen LogP contribution is -2.33. The van der Waals surface area contributed by atoms with Crippen molar-refractivity contribution in [3.8, 4) is 6.07 Å². The summed E-state index contributed by atoms with van der Waals surface area (Å²) in [6.07, 6.45) is 0. The number of benzene rings is 1. The molecule has 2 aromatic rings. The zero-order valence-electron chi connectivity index (χ0n) is 10.2. The molecule has 1 aromatic carbocycles. The lowest BCUT2D eigenvalue weighted by molar-refractivity contribution is -0.122. The fourth-order valence-corrected chi connectivity index (χ4v) is 2.32. The molecule has 1 amide bonds. The first-order valence-corrected chi connectivity index (χ1v) is 6.64. The SMILES string of the molecule is N#Cc1ccc(CNC(=O)C(N)c2cccs2)cc1. The highest BCUT2D eigenvalue weighted by Crippen LogP contribution is 2.16. The number of carbonyl (C=O) groups is 1. The molecule has 5 heteroatoms. The van der Waals surface area contributed by atoms with E-state index in [1.807, 2.05) is 35.7 Å². The Morgan fingerprint density at radius 2 is 2.11 bits per heavy atom. The number of hydrogen-bond acceptors (Lipinski definition) is 4. The molecule has 2 rings (SSSR count). The number of amides is 1. The van der Waals surface area contributed by atoms with Crippen molar-refractivity contribution in [3.05, 3.63) is 57.8 Å². The van der Waals surface area contributed by atoms with Gasteiger partial charge in [-0.1, -0.05) is 18.2 Å². The van der Waals surface area contributed by atoms with Crippen molar-refractivity contribution in [1.29, 1.82) is 5.26 Å². The summed E-state index contributed by atoms with van der Waals surface area (Å²) in [5.41, 5.74) is 7.39. The number of nitriles is 1. The zero-order valence-corrected chi connectivity index (χ0v) is 11.0. The summed E-state index contributed by atoms with van der Waals surface area (Å²) < 4.78 is 0. The van der Waals surface area contributed by atoms with Gasteiger partial charge in [-0.15, -0.1) is 11.3 Å². The Kier molecular flexibility index (Phi) is 4.29. The number of rotatable bonds is 4. The quantitative estimate of drug-likeness (QED) is 0.891. The first-order chi connectivity index (χ1) is 9.20. The highest BCUT2D eigenvalue weighted by Gasteiger charge is 2.15. The molecule has 1 atom stereocenters. The second-order valence-electron chi connectivity index (χ2n) is 4.02. The van der Waals surface area contributed by atoms with Crippen molar-refractivity contribution >= 4 is 17.2 Å². The largest absolute Gasteiger partial charge is 0.350 e. The number of nitrogens with zero attached hydrogens (tertiary/aromatic N) is 1. The van der Waals surface area contributed by atoms with Gasteiger partial charge >= 0.3 is 0 Å². The van der Waals surface area contributed by atoms with Crippen molar-refractivity contribution in [1.82, 2.24) is 5.32 Å². The summed E-state index contributed by atoms with van der Waals surface area (Å²) in [5, 5.41) is 13.4. The first kappa shape index (κ1) is 13.3. The summed E-state index contributed by atoms with van der Waals surface area (Å²) in [6.45, 7) is 0.406. The molecule has 0 radical (unpaired) electrons. The fraction of sp³-hybridized carbons (Fsp3) is 0.143. The van der Waals surface area contributed by atoms with E-state index in [2.05, 4.69) is 5.32 Å². The smallest absolute Gasteiger partial charge is 0.242 e. The maximum atomic E-state index is 11.9. The number of nitrogens with one attached hydrogen (secondary N) is 1. The van der Waals surface area contributed by atoms with Crippen molar-refractivity contribution in [2.24, 2.45) is 5.73 Å². The van der Waals surface area contributed by atoms with E-state index >= 15 is 0 Å². The molecule has 3 N–H and O–H groups in total. The monoisotopic (exact) mass is 271 g/mol. The van der Waals surface area contributed by atoms with E-state index in [1.54, 1.807) is 12.1 Å². The first-order valence-electron chi connectivity index (χ1n) is 5.76. The van der Waals surface area contributed by atoms with Crippen LogP contribution in [0.25, 0.3) is 0 Å². The van der Waals surface area contributed by atoms with Crippen LogP contribution in [-0.2, 0) is 11.3 Å². The van der Waals surface area contributed by atoms with E-state index in [0.29, 0.717) is 12.1 Å². The maximum absolute atomic E-state index is 11.9. The van der Waals surface area contributed by atoms with Crippen molar-refractivity contribution in [2.75, 3.05) is 0 Å². The van der Waals surface area contributed by atoms with Gasteiger partial charge in [0.25, 0.3) is 0 Å². The minimum atomic E-state index is -0.626. The highest BCUT2D eigenvalue weighted by atomic mass is 32.1. The van der Waals surface area contributed by atoms with E-state index < -0.39 is 6.04 Å². The van der Waals surface area contributed by atoms with Gasteiger partial charge < -0.3 is 11.1 Å². The van der Waals surface area contributed by atoms with Crippen LogP contribution in [0.4, 0.5) is 0 Å². The maximum Gasteiger partial charge on any atom is 0.242 e. The van der Waals surface area contributed by atoms with Gasteiger partial charge in [0, 0.05) is 11.4 Å². The summed E-state index contributed by atoms with van der Waals surface area (Å²) in [6, 6.07) is 12.2. The summed E-state index contributed by atoms with van der Waals surface area (Å²) in [4.78, 5) is 12.7. The van der Waals surface area contributed by atoms with Crippen molar-refractivity contribution < 1.29 is 4.79 Å². The van der Waals surface area contributed by atoms with Gasteiger partial charge in [-0.2, -0.15) is 5.26 Å². The van der Waals surface area contributed by atoms with E-state index in [1.165, 1.54) is 11.3 Å². The molecule has 1 aromatic heterocycles. The van der Waals surface area contributed by atoms with Gasteiger partial charge in [0.1, 0.15) is 6.04 Å². The van der Waals surface area contributed by atoms with Crippen LogP contribution in [0.5, 0.6) is 0 Å². The lowest BCUT2D eigenvalue weighted by atomic mass is 10.1. The van der Waals surface area contributed by atoms with Gasteiger partial charge in [0.2, 0.25) is 5.91 Å². The van der Waals surface area contributed by atoms with Crippen LogP contribution < -0.4 is 11.1 Å². The molecule has 96 valence electrons. The molecule has 19 heavy (non-hydrogen) atoms. The van der Waals surface area contributed by atoms with Crippen LogP contribution >= 0.6 is 11.3 Å². The second-order valence-corrected chi connectivity index (χ2v) is 5.00. The summed E-state index contributed by atoms with van der Waals surface area (Å²) in [7, 11) is 0. The Hall–Kier alpha value is -2.16. The van der Waals surface area contributed by atoms with Crippen LogP contribution in [-0.4, -0.2) is 5.91 Å². The number of carbonyl (C=O) groups excluding carboxylic acids is 1. The van der Waals surface area contributed by atoms with Gasteiger partial charge in [0.15, 0.2) is 0 Å². The normalized spacial score (nSPS) is 11.6. The predicted molar refractivity (Wildman–Crippen MR) is 74.3 cm³/mol. The van der Waals surface area contributed by atoms with Gasteiger partial charge in [-0.3, -0.25) is 4.79 Å². The van der Waals surface area contributed by atoms with Crippen molar-refractivity contribution in [2.45, 2.75) is 12.6 Å². The molecule has 0 bridgehead atoms. The van der Waals surface area contributed by atoms with Gasteiger partial charge in [-0.05, 0) is 29.1 Å². The van der Waals surface area contributed by atoms with E-state index in [9.17, 15) is 4.79 Å². The standard InChI is InChI=1S/C14H13N3OS/c15-8-10-3-5-11(6-4-10)9-17-14(18)13(16)12-2-1-7-19-12/h1-7,13H,9,16H2,(H,17,18). The molecular weight excluding hydrogens is 258 g/mol. The molecule has 0 aliphatic rings. The lowest BCUT2D eigenvalue weighted by Gasteiger charge is -2.10. The van der Waals surface area contributed by atoms with Gasteiger partial charge in [0.05, 0.1) is 11.6 Å². The average molecular weight is 271 g/mol. The second kappa shape index (κ2) is 6.14. The van der Waals surface area contributed by atoms with Crippen LogP contribution in [0, 0.1) is 11.3 Å². The number of nitrogens with two attached hydrogens (primary N) is 1. The predicted octanol–water partition coefficient (Wildman–Crippen LogP) is 1.94. The minimum absolute atomic E-state index is 0.202. The Morgan fingerprint density at radius 3 is 2.68 bits per heavy atom. The molecule has 1 unspecified atom stereocenters. The molecule has 0 fully saturated rings. The molecule has 0 aliphatic carbocycles. The van der Waals surface area contributed by atoms with Crippen LogP contribution in [0.2, 0.25) is 0 Å². The molecule has 1 heterocycles. The molecule has 4 nitrogen and oxygen atoms in total. The summed E-state index contributed by atoms with van der Waals surface area (Å²) in [5.74, 6) is -0.202. The molecule has 0 saturated heterocycles.